The molecule has 0 spiro atoms. The Bertz CT molecular complexity index is 1530. The molecule has 0 saturated carbocycles. The Kier molecular flexibility index (Phi) is 14.4. The zero-order valence-electron chi connectivity index (χ0n) is 25.9. The maximum atomic E-state index is 13.6. The molecule has 0 aliphatic carbocycles. The van der Waals surface area contributed by atoms with Crippen LogP contribution in [-0.4, -0.2) is 111 Å². The van der Waals surface area contributed by atoms with Crippen LogP contribution in [0.1, 0.15) is 30.1 Å². The first-order chi connectivity index (χ1) is 23.0. The highest BCUT2D eigenvalue weighted by Crippen LogP contribution is 2.28. The second kappa shape index (κ2) is 17.3. The molecule has 278 valence electrons. The van der Waals surface area contributed by atoms with E-state index in [-0.39, 0.29) is 11.9 Å². The van der Waals surface area contributed by atoms with E-state index >= 15 is 0 Å². The molecule has 2 saturated heterocycles. The van der Waals surface area contributed by atoms with E-state index in [1.54, 1.807) is 12.1 Å². The van der Waals surface area contributed by atoms with Crippen molar-refractivity contribution in [2.75, 3.05) is 44.7 Å². The van der Waals surface area contributed by atoms with Crippen LogP contribution >= 0.6 is 0 Å². The van der Waals surface area contributed by atoms with Crippen LogP contribution in [0.2, 0.25) is 0 Å². The Labute approximate surface area is 276 Å². The predicted octanol–water partition coefficient (Wildman–Crippen LogP) is 5.46. The molecule has 50 heavy (non-hydrogen) atoms. The molecule has 2 fully saturated rings. The van der Waals surface area contributed by atoms with Crippen LogP contribution in [0.25, 0.3) is 5.65 Å². The summed E-state index contributed by atoms with van der Waals surface area (Å²) in [5.74, 6) is -7.19. The summed E-state index contributed by atoms with van der Waals surface area (Å²) < 4.78 is 111. The van der Waals surface area contributed by atoms with Crippen molar-refractivity contribution < 1.29 is 73.6 Å². The maximum Gasteiger partial charge on any atom is 0.490 e. The summed E-state index contributed by atoms with van der Waals surface area (Å²) in [6, 6.07) is 13.6. The number of hydrogen-bond acceptors (Lipinski definition) is 7. The molecule has 2 aromatic heterocycles. The summed E-state index contributed by atoms with van der Waals surface area (Å²) in [6.07, 6.45) is -10.5. The van der Waals surface area contributed by atoms with Crippen molar-refractivity contribution in [3.05, 3.63) is 65.7 Å². The Morgan fingerprint density at radius 3 is 1.76 bits per heavy atom. The average molecular weight is 736 g/mol. The molecule has 1 aromatic carbocycles. The fourth-order valence-corrected chi connectivity index (χ4v) is 4.67. The number of carboxylic acids is 3. The number of piperazine rings is 1. The van der Waals surface area contributed by atoms with Gasteiger partial charge in [-0.05, 0) is 49.7 Å². The molecule has 2 aliphatic heterocycles. The van der Waals surface area contributed by atoms with Gasteiger partial charge >= 0.3 is 36.4 Å². The lowest BCUT2D eigenvalue weighted by atomic mass is 10.1. The van der Waals surface area contributed by atoms with Crippen LogP contribution in [0, 0.1) is 5.82 Å². The highest BCUT2D eigenvalue weighted by Gasteiger charge is 2.39. The summed E-state index contributed by atoms with van der Waals surface area (Å²) >= 11 is 0. The highest BCUT2D eigenvalue weighted by molar-refractivity contribution is 5.73. The van der Waals surface area contributed by atoms with Gasteiger partial charge in [0.25, 0.3) is 0 Å². The van der Waals surface area contributed by atoms with E-state index < -0.39 is 36.4 Å². The summed E-state index contributed by atoms with van der Waals surface area (Å²) in [5.41, 5.74) is 3.16. The minimum Gasteiger partial charge on any atom is -0.475 e. The van der Waals surface area contributed by atoms with E-state index in [1.165, 1.54) is 24.7 Å². The smallest absolute Gasteiger partial charge is 0.475 e. The van der Waals surface area contributed by atoms with Crippen molar-refractivity contribution in [2.24, 2.45) is 0 Å². The number of halogens is 10. The number of pyridine rings is 1. The van der Waals surface area contributed by atoms with Crippen molar-refractivity contribution in [2.45, 2.75) is 44.0 Å². The van der Waals surface area contributed by atoms with Crippen LogP contribution in [0.4, 0.5) is 49.7 Å². The molecule has 2 aliphatic rings. The molecule has 3 aromatic rings. The number of imidazole rings is 1. The second-order valence-electron chi connectivity index (χ2n) is 10.7. The quantitative estimate of drug-likeness (QED) is 0.296. The van der Waals surface area contributed by atoms with Gasteiger partial charge in [0.2, 0.25) is 0 Å². The van der Waals surface area contributed by atoms with Gasteiger partial charge in [-0.2, -0.15) is 39.5 Å². The van der Waals surface area contributed by atoms with Gasteiger partial charge in [0.05, 0.1) is 11.7 Å². The summed E-state index contributed by atoms with van der Waals surface area (Å²) in [6.45, 7) is 5.88. The van der Waals surface area contributed by atoms with Gasteiger partial charge in [0, 0.05) is 45.5 Å². The van der Waals surface area contributed by atoms with Crippen LogP contribution in [0.5, 0.6) is 0 Å². The number of carbonyl (C=O) groups is 3. The minimum atomic E-state index is -5.08. The predicted molar refractivity (Wildman–Crippen MR) is 155 cm³/mol. The van der Waals surface area contributed by atoms with Gasteiger partial charge in [0.1, 0.15) is 17.3 Å². The Hall–Kier alpha value is -4.66. The fourth-order valence-electron chi connectivity index (χ4n) is 4.67. The van der Waals surface area contributed by atoms with E-state index in [0.29, 0.717) is 0 Å². The largest absolute Gasteiger partial charge is 0.490 e. The van der Waals surface area contributed by atoms with E-state index in [1.807, 2.05) is 6.07 Å². The molecule has 11 nitrogen and oxygen atoms in total. The lowest BCUT2D eigenvalue weighted by Crippen LogP contribution is -2.46. The molecule has 4 heterocycles. The van der Waals surface area contributed by atoms with Crippen molar-refractivity contribution >= 4 is 29.4 Å². The number of fused-ring (bicyclic) bond motifs is 1. The Morgan fingerprint density at radius 1 is 0.780 bits per heavy atom. The number of rotatable bonds is 4. The Balaban J connectivity index is 0.000000338. The zero-order valence-corrected chi connectivity index (χ0v) is 25.9. The average Bonchev–Trinajstić information content (AvgIpc) is 3.68. The number of anilines is 1. The Morgan fingerprint density at radius 2 is 1.28 bits per heavy atom. The first-order valence-electron chi connectivity index (χ1n) is 14.3. The third-order valence-corrected chi connectivity index (χ3v) is 7.02. The molecule has 1 unspecified atom stereocenters. The number of carboxylic acid groups (broad SMARTS) is 3. The van der Waals surface area contributed by atoms with Crippen LogP contribution in [0.3, 0.4) is 0 Å². The SMILES string of the molecule is CN1CCN(Cc2cccc(F)c2)CC1c1cn2c(N3CCCC3)cccc2n1.O=C(O)C(F)(F)F.O=C(O)C(F)(F)F.O=C(O)C(F)(F)F. The topological polar surface area (TPSA) is 139 Å². The minimum absolute atomic E-state index is 0.164. The second-order valence-corrected chi connectivity index (χ2v) is 10.7. The van der Waals surface area contributed by atoms with Gasteiger partial charge in [-0.15, -0.1) is 0 Å². The molecule has 0 radical (unpaired) electrons. The number of hydrogen-bond donors (Lipinski definition) is 3. The van der Waals surface area contributed by atoms with Gasteiger partial charge in [0.15, 0.2) is 0 Å². The first-order valence-corrected chi connectivity index (χ1v) is 14.3. The van der Waals surface area contributed by atoms with Crippen molar-refractivity contribution in [1.82, 2.24) is 19.2 Å². The van der Waals surface area contributed by atoms with E-state index in [2.05, 4.69) is 50.5 Å². The van der Waals surface area contributed by atoms with Crippen LogP contribution in [-0.2, 0) is 20.9 Å². The normalized spacial score (nSPS) is 17.1. The van der Waals surface area contributed by atoms with Crippen LogP contribution in [0.15, 0.2) is 48.7 Å². The van der Waals surface area contributed by atoms with Gasteiger partial charge in [-0.1, -0.05) is 18.2 Å². The summed E-state index contributed by atoms with van der Waals surface area (Å²) in [7, 11) is 2.18. The van der Waals surface area contributed by atoms with E-state index in [4.69, 9.17) is 34.7 Å². The summed E-state index contributed by atoms with van der Waals surface area (Å²) in [5, 5.41) is 21.4. The van der Waals surface area contributed by atoms with Crippen molar-refractivity contribution in [3.8, 4) is 0 Å². The zero-order chi connectivity index (χ0) is 38.0. The number of aromatic nitrogens is 2. The lowest BCUT2D eigenvalue weighted by Gasteiger charge is -2.38. The standard InChI is InChI=1S/C23H28FN5.3C2HF3O2/c1-26-12-13-27(15-18-6-4-7-19(24)14-18)17-21(26)20-16-29-22(25-20)8-5-9-23(29)28-10-2-3-11-28;3*3-2(4,5)1(6)7/h4-9,14,16,21H,2-3,10-13,15,17H2,1H3;3*(H,6,7). The van der Waals surface area contributed by atoms with E-state index in [0.717, 1.165) is 56.2 Å². The van der Waals surface area contributed by atoms with E-state index in [9.17, 15) is 43.9 Å². The molecular formula is C29H31F10N5O6. The maximum absolute atomic E-state index is 13.6. The number of benzene rings is 1. The fraction of sp³-hybridized carbons (Fsp3) is 0.448. The third-order valence-electron chi connectivity index (χ3n) is 7.02. The monoisotopic (exact) mass is 735 g/mol. The number of aliphatic carboxylic acids is 3. The molecule has 0 bridgehead atoms. The molecule has 0 amide bonds. The van der Waals surface area contributed by atoms with Gasteiger partial charge in [-0.25, -0.2) is 23.8 Å². The van der Waals surface area contributed by atoms with Crippen molar-refractivity contribution in [1.29, 1.82) is 0 Å². The third kappa shape index (κ3) is 13.0. The lowest BCUT2D eigenvalue weighted by molar-refractivity contribution is -0.193. The first kappa shape index (κ1) is 41.5. The highest BCUT2D eigenvalue weighted by atomic mass is 19.4. The summed E-state index contributed by atoms with van der Waals surface area (Å²) in [4.78, 5) is 38.9. The number of nitrogens with zero attached hydrogens (tertiary/aromatic N) is 5. The number of likely N-dealkylation sites (N-methyl/N-ethyl adjacent to an activating group) is 1. The molecule has 1 atom stereocenters. The molecular weight excluding hydrogens is 704 g/mol. The van der Waals surface area contributed by atoms with Crippen LogP contribution < -0.4 is 4.90 Å². The molecule has 3 N–H and O–H groups in total. The number of alkyl halides is 9. The molecule has 5 rings (SSSR count). The van der Waals surface area contributed by atoms with Crippen molar-refractivity contribution in [3.63, 3.8) is 0 Å². The van der Waals surface area contributed by atoms with Gasteiger partial charge < -0.3 is 20.2 Å². The van der Waals surface area contributed by atoms with Gasteiger partial charge in [-0.3, -0.25) is 14.2 Å². The molecule has 21 heteroatoms.